The first-order chi connectivity index (χ1) is 10.5. The van der Waals surface area contributed by atoms with E-state index in [0.29, 0.717) is 0 Å². The first-order valence-corrected chi connectivity index (χ1v) is 7.97. The Bertz CT molecular complexity index is 821. The number of hydrogen-bond donors (Lipinski definition) is 1. The molecule has 112 valence electrons. The molecule has 1 amide bonds. The van der Waals surface area contributed by atoms with E-state index in [9.17, 15) is 4.79 Å². The van der Waals surface area contributed by atoms with Crippen LogP contribution in [0, 0.1) is 6.92 Å². The van der Waals surface area contributed by atoms with Gasteiger partial charge in [0.1, 0.15) is 6.04 Å². The molecule has 0 bridgehead atoms. The highest BCUT2D eigenvalue weighted by Crippen LogP contribution is 2.24. The minimum atomic E-state index is -0.278. The molecule has 0 aliphatic carbocycles. The number of aromatic nitrogens is 1. The van der Waals surface area contributed by atoms with E-state index in [1.165, 1.54) is 5.56 Å². The number of halogens is 1. The van der Waals surface area contributed by atoms with Crippen LogP contribution in [0.2, 0.25) is 0 Å². The lowest BCUT2D eigenvalue weighted by Crippen LogP contribution is -2.23. The molecule has 0 saturated carbocycles. The predicted octanol–water partition coefficient (Wildman–Crippen LogP) is 4.91. The van der Waals surface area contributed by atoms with Crippen molar-refractivity contribution >= 4 is 38.4 Å². The second-order valence-corrected chi connectivity index (χ2v) is 6.37. The van der Waals surface area contributed by atoms with Crippen LogP contribution in [-0.2, 0) is 4.79 Å². The lowest BCUT2D eigenvalue weighted by atomic mass is 10.2. The zero-order valence-electron chi connectivity index (χ0n) is 12.5. The van der Waals surface area contributed by atoms with E-state index in [-0.39, 0.29) is 11.9 Å². The Morgan fingerprint density at radius 3 is 2.59 bits per heavy atom. The minimum absolute atomic E-state index is 0.0238. The Morgan fingerprint density at radius 2 is 1.86 bits per heavy atom. The van der Waals surface area contributed by atoms with Crippen molar-refractivity contribution in [2.75, 3.05) is 5.32 Å². The van der Waals surface area contributed by atoms with E-state index in [1.807, 2.05) is 67.1 Å². The van der Waals surface area contributed by atoms with Crippen LogP contribution in [0.4, 0.5) is 5.69 Å². The molecule has 1 heterocycles. The molecule has 1 unspecified atom stereocenters. The molecule has 1 N–H and O–H groups in total. The molecule has 0 spiro atoms. The Balaban J connectivity index is 1.84. The topological polar surface area (TPSA) is 34.0 Å². The van der Waals surface area contributed by atoms with Gasteiger partial charge in [-0.1, -0.05) is 33.6 Å². The normalized spacial score (nSPS) is 12.3. The van der Waals surface area contributed by atoms with Crippen LogP contribution in [-0.4, -0.2) is 10.5 Å². The molecule has 0 fully saturated rings. The third kappa shape index (κ3) is 2.92. The average molecular weight is 357 g/mol. The number of hydrogen-bond acceptors (Lipinski definition) is 1. The second kappa shape index (κ2) is 5.97. The molecule has 0 saturated heterocycles. The lowest BCUT2D eigenvalue weighted by molar-refractivity contribution is -0.118. The molecular weight excluding hydrogens is 340 g/mol. The number of carbonyl (C=O) groups excluding carboxylic acids is 1. The maximum absolute atomic E-state index is 12.5. The molecule has 3 rings (SSSR count). The van der Waals surface area contributed by atoms with Gasteiger partial charge in [-0.25, -0.2) is 0 Å². The van der Waals surface area contributed by atoms with Crippen LogP contribution in [0.1, 0.15) is 18.5 Å². The van der Waals surface area contributed by atoms with E-state index in [0.717, 1.165) is 21.1 Å². The van der Waals surface area contributed by atoms with Crippen LogP contribution >= 0.6 is 15.9 Å². The largest absolute Gasteiger partial charge is 0.335 e. The van der Waals surface area contributed by atoms with Gasteiger partial charge in [0.25, 0.3) is 0 Å². The third-order valence-electron chi connectivity index (χ3n) is 3.80. The number of nitrogens with one attached hydrogen (secondary N) is 1. The maximum Gasteiger partial charge on any atom is 0.247 e. The molecule has 3 aromatic rings. The van der Waals surface area contributed by atoms with Crippen molar-refractivity contribution in [3.63, 3.8) is 0 Å². The quantitative estimate of drug-likeness (QED) is 0.710. The summed E-state index contributed by atoms with van der Waals surface area (Å²) in [4.78, 5) is 12.5. The number of aryl methyl sites for hydroxylation is 1. The summed E-state index contributed by atoms with van der Waals surface area (Å²) in [6.07, 6.45) is 1.95. The molecule has 0 aliphatic heterocycles. The van der Waals surface area contributed by atoms with Crippen molar-refractivity contribution in [3.05, 3.63) is 64.8 Å². The summed E-state index contributed by atoms with van der Waals surface area (Å²) >= 11 is 3.47. The first-order valence-electron chi connectivity index (χ1n) is 7.18. The highest BCUT2D eigenvalue weighted by atomic mass is 79.9. The van der Waals surface area contributed by atoms with Crippen molar-refractivity contribution in [2.45, 2.75) is 19.9 Å². The SMILES string of the molecule is Cc1ccc(NC(=O)C(C)n2ccc3cc(Br)ccc32)cc1. The Hall–Kier alpha value is -2.07. The van der Waals surface area contributed by atoms with Crippen LogP contribution in [0.5, 0.6) is 0 Å². The number of rotatable bonds is 3. The summed E-state index contributed by atoms with van der Waals surface area (Å²) in [5, 5.41) is 4.08. The highest BCUT2D eigenvalue weighted by molar-refractivity contribution is 9.10. The number of amides is 1. The van der Waals surface area contributed by atoms with Crippen LogP contribution in [0.25, 0.3) is 10.9 Å². The summed E-state index contributed by atoms with van der Waals surface area (Å²) in [5.74, 6) is -0.0238. The first kappa shape index (κ1) is 14.9. The van der Waals surface area contributed by atoms with Gasteiger partial charge in [-0.3, -0.25) is 4.79 Å². The predicted molar refractivity (Wildman–Crippen MR) is 94.2 cm³/mol. The van der Waals surface area contributed by atoms with Crippen LogP contribution in [0.3, 0.4) is 0 Å². The van der Waals surface area contributed by atoms with Gasteiger partial charge >= 0.3 is 0 Å². The summed E-state index contributed by atoms with van der Waals surface area (Å²) in [6, 6.07) is 15.6. The number of fused-ring (bicyclic) bond motifs is 1. The molecule has 0 aliphatic rings. The van der Waals surface area contributed by atoms with Crippen molar-refractivity contribution in [1.29, 1.82) is 0 Å². The number of nitrogens with zero attached hydrogens (tertiary/aromatic N) is 1. The standard InChI is InChI=1S/C18H17BrN2O/c1-12-3-6-16(7-4-12)20-18(22)13(2)21-10-9-14-11-15(19)5-8-17(14)21/h3-11,13H,1-2H3,(H,20,22). The van der Waals surface area contributed by atoms with Gasteiger partial charge in [0.15, 0.2) is 0 Å². The number of anilines is 1. The fraction of sp³-hybridized carbons (Fsp3) is 0.167. The average Bonchev–Trinajstić information content (AvgIpc) is 2.91. The van der Waals surface area contributed by atoms with Gasteiger partial charge in [0, 0.05) is 27.3 Å². The van der Waals surface area contributed by atoms with Gasteiger partial charge in [-0.05, 0) is 50.2 Å². The molecule has 2 aromatic carbocycles. The summed E-state index contributed by atoms with van der Waals surface area (Å²) in [6.45, 7) is 3.93. The fourth-order valence-corrected chi connectivity index (χ4v) is 2.86. The van der Waals surface area contributed by atoms with Crippen molar-refractivity contribution in [2.24, 2.45) is 0 Å². The van der Waals surface area contributed by atoms with E-state index in [1.54, 1.807) is 0 Å². The van der Waals surface area contributed by atoms with Crippen molar-refractivity contribution in [1.82, 2.24) is 4.57 Å². The second-order valence-electron chi connectivity index (χ2n) is 5.46. The number of carbonyl (C=O) groups is 1. The molecule has 22 heavy (non-hydrogen) atoms. The summed E-state index contributed by atoms with van der Waals surface area (Å²) < 4.78 is 3.03. The molecule has 0 radical (unpaired) electrons. The van der Waals surface area contributed by atoms with Gasteiger partial charge in [-0.15, -0.1) is 0 Å². The Morgan fingerprint density at radius 1 is 1.14 bits per heavy atom. The van der Waals surface area contributed by atoms with Crippen LogP contribution in [0.15, 0.2) is 59.2 Å². The minimum Gasteiger partial charge on any atom is -0.335 e. The van der Waals surface area contributed by atoms with E-state index < -0.39 is 0 Å². The Labute approximate surface area is 138 Å². The van der Waals surface area contributed by atoms with E-state index in [2.05, 4.69) is 27.3 Å². The summed E-state index contributed by atoms with van der Waals surface area (Å²) in [7, 11) is 0. The number of benzene rings is 2. The zero-order chi connectivity index (χ0) is 15.7. The molecule has 1 atom stereocenters. The van der Waals surface area contributed by atoms with Gasteiger partial charge in [0.2, 0.25) is 5.91 Å². The lowest BCUT2D eigenvalue weighted by Gasteiger charge is -2.15. The third-order valence-corrected chi connectivity index (χ3v) is 4.29. The summed E-state index contributed by atoms with van der Waals surface area (Å²) in [5.41, 5.74) is 3.05. The van der Waals surface area contributed by atoms with E-state index in [4.69, 9.17) is 0 Å². The fourth-order valence-electron chi connectivity index (χ4n) is 2.48. The zero-order valence-corrected chi connectivity index (χ0v) is 14.1. The highest BCUT2D eigenvalue weighted by Gasteiger charge is 2.16. The molecule has 1 aromatic heterocycles. The molecular formula is C18H17BrN2O. The smallest absolute Gasteiger partial charge is 0.247 e. The van der Waals surface area contributed by atoms with Crippen molar-refractivity contribution in [3.8, 4) is 0 Å². The van der Waals surface area contributed by atoms with E-state index >= 15 is 0 Å². The van der Waals surface area contributed by atoms with Gasteiger partial charge in [-0.2, -0.15) is 0 Å². The van der Waals surface area contributed by atoms with Crippen LogP contribution < -0.4 is 5.32 Å². The molecule has 3 nitrogen and oxygen atoms in total. The monoisotopic (exact) mass is 356 g/mol. The van der Waals surface area contributed by atoms with Crippen molar-refractivity contribution < 1.29 is 4.79 Å². The molecule has 4 heteroatoms. The maximum atomic E-state index is 12.5. The van der Waals surface area contributed by atoms with Gasteiger partial charge < -0.3 is 9.88 Å². The Kier molecular flexibility index (Phi) is 4.03. The van der Waals surface area contributed by atoms with Gasteiger partial charge in [0.05, 0.1) is 0 Å².